The minimum absolute atomic E-state index is 0.147. The molecule has 1 amide bonds. The average molecular weight is 277 g/mol. The van der Waals surface area contributed by atoms with Crippen LogP contribution in [-0.4, -0.2) is 47.0 Å². The first kappa shape index (κ1) is 14.6. The molecule has 1 unspecified atom stereocenters. The first-order valence-electron chi connectivity index (χ1n) is 7.18. The van der Waals surface area contributed by atoms with Crippen LogP contribution in [0.5, 0.6) is 0 Å². The SMILES string of the molecule is CNc1ncc(C)c(NC(C)C(=O)N2CCCCC2)n1. The molecule has 20 heavy (non-hydrogen) atoms. The van der Waals surface area contributed by atoms with E-state index < -0.39 is 0 Å². The van der Waals surface area contributed by atoms with Gasteiger partial charge in [0.1, 0.15) is 11.9 Å². The van der Waals surface area contributed by atoms with Crippen LogP contribution >= 0.6 is 0 Å². The van der Waals surface area contributed by atoms with E-state index in [1.165, 1.54) is 6.42 Å². The van der Waals surface area contributed by atoms with Gasteiger partial charge in [0.25, 0.3) is 0 Å². The number of aromatic nitrogens is 2. The van der Waals surface area contributed by atoms with Crippen molar-refractivity contribution < 1.29 is 4.79 Å². The summed E-state index contributed by atoms with van der Waals surface area (Å²) < 4.78 is 0. The normalized spacial score (nSPS) is 16.6. The van der Waals surface area contributed by atoms with Crippen LogP contribution in [0.4, 0.5) is 11.8 Å². The number of carbonyl (C=O) groups is 1. The summed E-state index contributed by atoms with van der Waals surface area (Å²) in [6.07, 6.45) is 5.19. The summed E-state index contributed by atoms with van der Waals surface area (Å²) in [6.45, 7) is 5.56. The Bertz CT molecular complexity index is 471. The van der Waals surface area contributed by atoms with Gasteiger partial charge in [-0.25, -0.2) is 4.98 Å². The van der Waals surface area contributed by atoms with Crippen LogP contribution in [0.15, 0.2) is 6.20 Å². The Hall–Kier alpha value is -1.85. The molecule has 1 fully saturated rings. The van der Waals surface area contributed by atoms with Crippen LogP contribution in [0.3, 0.4) is 0 Å². The predicted molar refractivity (Wildman–Crippen MR) is 79.8 cm³/mol. The number of anilines is 2. The maximum Gasteiger partial charge on any atom is 0.244 e. The minimum atomic E-state index is -0.272. The molecule has 1 aromatic heterocycles. The van der Waals surface area contributed by atoms with Crippen molar-refractivity contribution in [2.75, 3.05) is 30.8 Å². The number of likely N-dealkylation sites (tertiary alicyclic amines) is 1. The van der Waals surface area contributed by atoms with Gasteiger partial charge >= 0.3 is 0 Å². The molecular formula is C14H23N5O. The second kappa shape index (κ2) is 6.54. The second-order valence-corrected chi connectivity index (χ2v) is 5.23. The van der Waals surface area contributed by atoms with E-state index in [9.17, 15) is 4.79 Å². The largest absolute Gasteiger partial charge is 0.358 e. The van der Waals surface area contributed by atoms with E-state index in [-0.39, 0.29) is 11.9 Å². The van der Waals surface area contributed by atoms with Crippen molar-refractivity contribution in [3.63, 3.8) is 0 Å². The highest BCUT2D eigenvalue weighted by Crippen LogP contribution is 2.15. The zero-order chi connectivity index (χ0) is 14.5. The van der Waals surface area contributed by atoms with Gasteiger partial charge in [-0.3, -0.25) is 4.79 Å². The van der Waals surface area contributed by atoms with Gasteiger partial charge in [-0.15, -0.1) is 0 Å². The van der Waals surface area contributed by atoms with E-state index in [2.05, 4.69) is 20.6 Å². The number of nitrogens with zero attached hydrogens (tertiary/aromatic N) is 3. The molecule has 110 valence electrons. The number of carbonyl (C=O) groups excluding carboxylic acids is 1. The zero-order valence-corrected chi connectivity index (χ0v) is 12.4. The van der Waals surface area contributed by atoms with Crippen molar-refractivity contribution in [1.82, 2.24) is 14.9 Å². The summed E-state index contributed by atoms with van der Waals surface area (Å²) in [5.41, 5.74) is 0.933. The fourth-order valence-corrected chi connectivity index (χ4v) is 2.36. The predicted octanol–water partition coefficient (Wildman–Crippen LogP) is 1.64. The molecule has 1 aromatic rings. The summed E-state index contributed by atoms with van der Waals surface area (Å²) in [5.74, 6) is 1.41. The van der Waals surface area contributed by atoms with Crippen LogP contribution in [0, 0.1) is 6.92 Å². The molecule has 1 aliphatic heterocycles. The molecule has 1 atom stereocenters. The van der Waals surface area contributed by atoms with Crippen molar-refractivity contribution in [2.24, 2.45) is 0 Å². The van der Waals surface area contributed by atoms with Crippen LogP contribution in [0.1, 0.15) is 31.7 Å². The fourth-order valence-electron chi connectivity index (χ4n) is 2.36. The molecule has 6 nitrogen and oxygen atoms in total. The van der Waals surface area contributed by atoms with Crippen molar-refractivity contribution in [2.45, 2.75) is 39.2 Å². The molecule has 0 saturated carbocycles. The number of nitrogens with one attached hydrogen (secondary N) is 2. The Morgan fingerprint density at radius 1 is 1.35 bits per heavy atom. The lowest BCUT2D eigenvalue weighted by Crippen LogP contribution is -2.44. The smallest absolute Gasteiger partial charge is 0.244 e. The third-order valence-corrected chi connectivity index (χ3v) is 3.59. The molecule has 0 spiro atoms. The van der Waals surface area contributed by atoms with Crippen molar-refractivity contribution in [3.05, 3.63) is 11.8 Å². The van der Waals surface area contributed by atoms with Crippen molar-refractivity contribution in [1.29, 1.82) is 0 Å². The van der Waals surface area contributed by atoms with Gasteiger partial charge in [-0.05, 0) is 33.1 Å². The van der Waals surface area contributed by atoms with Gasteiger partial charge in [-0.2, -0.15) is 4.98 Å². The Morgan fingerprint density at radius 2 is 2.05 bits per heavy atom. The standard InChI is InChI=1S/C14H23N5O/c1-10-9-16-14(15-3)18-12(10)17-11(2)13(20)19-7-5-4-6-8-19/h9,11H,4-8H2,1-3H3,(H2,15,16,17,18). The van der Waals surface area contributed by atoms with E-state index in [0.29, 0.717) is 11.8 Å². The monoisotopic (exact) mass is 277 g/mol. The first-order valence-corrected chi connectivity index (χ1v) is 7.18. The Kier molecular flexibility index (Phi) is 4.76. The molecule has 6 heteroatoms. The first-order chi connectivity index (χ1) is 9.61. The lowest BCUT2D eigenvalue weighted by molar-refractivity contribution is -0.132. The molecule has 1 aliphatic rings. The molecule has 0 bridgehead atoms. The van der Waals surface area contributed by atoms with E-state index in [4.69, 9.17) is 0 Å². The Balaban J connectivity index is 2.03. The number of piperidine rings is 1. The molecule has 2 rings (SSSR count). The molecule has 1 saturated heterocycles. The number of hydrogen-bond donors (Lipinski definition) is 2. The van der Waals surface area contributed by atoms with Gasteiger partial charge in [0.2, 0.25) is 11.9 Å². The topological polar surface area (TPSA) is 70.2 Å². The lowest BCUT2D eigenvalue weighted by atomic mass is 10.1. The number of rotatable bonds is 4. The average Bonchev–Trinajstić information content (AvgIpc) is 2.49. The molecule has 0 aliphatic carbocycles. The molecule has 2 heterocycles. The number of amides is 1. The summed E-state index contributed by atoms with van der Waals surface area (Å²) in [4.78, 5) is 22.8. The van der Waals surface area contributed by atoms with Gasteiger partial charge in [0, 0.05) is 31.9 Å². The van der Waals surface area contributed by atoms with Gasteiger partial charge < -0.3 is 15.5 Å². The Labute approximate surface area is 120 Å². The Morgan fingerprint density at radius 3 is 2.70 bits per heavy atom. The summed E-state index contributed by atoms with van der Waals surface area (Å²) >= 11 is 0. The van der Waals surface area contributed by atoms with Crippen molar-refractivity contribution >= 4 is 17.7 Å². The third kappa shape index (κ3) is 3.37. The number of hydrogen-bond acceptors (Lipinski definition) is 5. The van der Waals surface area contributed by atoms with E-state index in [1.807, 2.05) is 18.7 Å². The lowest BCUT2D eigenvalue weighted by Gasteiger charge is -2.29. The van der Waals surface area contributed by atoms with Crippen LogP contribution in [0.2, 0.25) is 0 Å². The molecular weight excluding hydrogens is 254 g/mol. The highest BCUT2D eigenvalue weighted by Gasteiger charge is 2.22. The zero-order valence-electron chi connectivity index (χ0n) is 12.4. The van der Waals surface area contributed by atoms with Crippen LogP contribution < -0.4 is 10.6 Å². The van der Waals surface area contributed by atoms with Gasteiger partial charge in [-0.1, -0.05) is 0 Å². The highest BCUT2D eigenvalue weighted by molar-refractivity contribution is 5.84. The minimum Gasteiger partial charge on any atom is -0.358 e. The highest BCUT2D eigenvalue weighted by atomic mass is 16.2. The maximum atomic E-state index is 12.4. The third-order valence-electron chi connectivity index (χ3n) is 3.59. The van der Waals surface area contributed by atoms with E-state index >= 15 is 0 Å². The quantitative estimate of drug-likeness (QED) is 0.875. The molecule has 0 radical (unpaired) electrons. The van der Waals surface area contributed by atoms with Gasteiger partial charge in [0.05, 0.1) is 0 Å². The van der Waals surface area contributed by atoms with E-state index in [0.717, 1.165) is 31.5 Å². The summed E-state index contributed by atoms with van der Waals surface area (Å²) in [7, 11) is 1.77. The summed E-state index contributed by atoms with van der Waals surface area (Å²) in [6, 6.07) is -0.272. The van der Waals surface area contributed by atoms with Crippen LogP contribution in [0.25, 0.3) is 0 Å². The fraction of sp³-hybridized carbons (Fsp3) is 0.643. The van der Waals surface area contributed by atoms with Gasteiger partial charge in [0.15, 0.2) is 0 Å². The number of aryl methyl sites for hydroxylation is 1. The van der Waals surface area contributed by atoms with E-state index in [1.54, 1.807) is 13.2 Å². The van der Waals surface area contributed by atoms with Crippen molar-refractivity contribution in [3.8, 4) is 0 Å². The molecule has 0 aromatic carbocycles. The molecule has 2 N–H and O–H groups in total. The maximum absolute atomic E-state index is 12.4. The second-order valence-electron chi connectivity index (χ2n) is 5.23. The van der Waals surface area contributed by atoms with Crippen LogP contribution in [-0.2, 0) is 4.79 Å². The summed E-state index contributed by atoms with van der Waals surface area (Å²) in [5, 5.41) is 6.10.